The first-order chi connectivity index (χ1) is 19.3. The van der Waals surface area contributed by atoms with Crippen LogP contribution in [-0.4, -0.2) is 49.0 Å². The van der Waals surface area contributed by atoms with Gasteiger partial charge in [-0.25, -0.2) is 18.4 Å². The van der Waals surface area contributed by atoms with Crippen molar-refractivity contribution < 1.29 is 18.3 Å². The Morgan fingerprint density at radius 1 is 0.950 bits per heavy atom. The molecule has 0 N–H and O–H groups in total. The molecule has 0 unspecified atom stereocenters. The van der Waals surface area contributed by atoms with Gasteiger partial charge in [0.05, 0.1) is 29.8 Å². The van der Waals surface area contributed by atoms with Crippen molar-refractivity contribution in [1.29, 1.82) is 0 Å². The van der Waals surface area contributed by atoms with Gasteiger partial charge in [0, 0.05) is 17.5 Å². The highest BCUT2D eigenvalue weighted by atomic mass is 35.5. The van der Waals surface area contributed by atoms with Gasteiger partial charge in [0.2, 0.25) is 0 Å². The topological polar surface area (TPSA) is 79.9 Å². The zero-order valence-electron chi connectivity index (χ0n) is 21.9. The van der Waals surface area contributed by atoms with Crippen LogP contribution >= 0.6 is 23.4 Å². The van der Waals surface area contributed by atoms with Crippen molar-refractivity contribution in [3.63, 3.8) is 0 Å². The summed E-state index contributed by atoms with van der Waals surface area (Å²) < 4.78 is 42.9. The SMILES string of the molecule is COc1cc(C(C)(C)c2nnc(SCCOc3ccc(-n4cncn4)cc3F)n2-c2ccc(F)cc2)ccc1Cl. The third-order valence-electron chi connectivity index (χ3n) is 6.32. The molecule has 0 fully saturated rings. The summed E-state index contributed by atoms with van der Waals surface area (Å²) in [5, 5.41) is 14.1. The first-order valence-corrected chi connectivity index (χ1v) is 13.6. The first-order valence-electron chi connectivity index (χ1n) is 12.2. The molecule has 0 bridgehead atoms. The number of rotatable bonds is 10. The highest BCUT2D eigenvalue weighted by Gasteiger charge is 2.32. The molecule has 8 nitrogen and oxygen atoms in total. The van der Waals surface area contributed by atoms with E-state index in [0.29, 0.717) is 38.9 Å². The van der Waals surface area contributed by atoms with Crippen molar-refractivity contribution in [2.45, 2.75) is 24.4 Å². The Morgan fingerprint density at radius 3 is 2.42 bits per heavy atom. The summed E-state index contributed by atoms with van der Waals surface area (Å²) in [6, 6.07) is 16.3. The lowest BCUT2D eigenvalue weighted by Gasteiger charge is -2.26. The van der Waals surface area contributed by atoms with E-state index in [1.165, 1.54) is 47.3 Å². The largest absolute Gasteiger partial charge is 0.495 e. The molecule has 206 valence electrons. The Bertz CT molecular complexity index is 1610. The third-order valence-corrected chi connectivity index (χ3v) is 7.53. The number of thioether (sulfide) groups is 1. The van der Waals surface area contributed by atoms with Crippen molar-refractivity contribution in [1.82, 2.24) is 29.5 Å². The van der Waals surface area contributed by atoms with Crippen molar-refractivity contribution >= 4 is 23.4 Å². The minimum absolute atomic E-state index is 0.128. The smallest absolute Gasteiger partial charge is 0.195 e. The van der Waals surface area contributed by atoms with Gasteiger partial charge in [-0.1, -0.05) is 29.4 Å². The minimum Gasteiger partial charge on any atom is -0.495 e. The molecule has 12 heteroatoms. The summed E-state index contributed by atoms with van der Waals surface area (Å²) in [5.74, 6) is 0.922. The Kier molecular flexibility index (Phi) is 8.04. The number of halogens is 3. The molecule has 0 atom stereocenters. The molecule has 2 aromatic heterocycles. The van der Waals surface area contributed by atoms with Crippen LogP contribution in [0.2, 0.25) is 5.02 Å². The van der Waals surface area contributed by atoms with Gasteiger partial charge in [-0.15, -0.1) is 10.2 Å². The van der Waals surface area contributed by atoms with E-state index in [4.69, 9.17) is 21.1 Å². The van der Waals surface area contributed by atoms with Crippen molar-refractivity contribution in [3.05, 3.63) is 101 Å². The second-order valence-corrected chi connectivity index (χ2v) is 10.7. The molecular weight excluding hydrogens is 558 g/mol. The molecule has 0 saturated carbocycles. The predicted molar refractivity (Wildman–Crippen MR) is 149 cm³/mol. The molecular formula is C28H25ClF2N6O2S. The van der Waals surface area contributed by atoms with E-state index < -0.39 is 11.2 Å². The third kappa shape index (κ3) is 5.66. The molecule has 40 heavy (non-hydrogen) atoms. The molecule has 0 spiro atoms. The molecule has 0 aliphatic carbocycles. The fourth-order valence-electron chi connectivity index (χ4n) is 4.14. The Labute approximate surface area is 238 Å². The Balaban J connectivity index is 1.37. The monoisotopic (exact) mass is 582 g/mol. The van der Waals surface area contributed by atoms with Gasteiger partial charge in [-0.05, 0) is 67.9 Å². The summed E-state index contributed by atoms with van der Waals surface area (Å²) in [7, 11) is 1.56. The highest BCUT2D eigenvalue weighted by molar-refractivity contribution is 7.99. The van der Waals surface area contributed by atoms with Gasteiger partial charge in [0.25, 0.3) is 0 Å². The van der Waals surface area contributed by atoms with E-state index in [1.54, 1.807) is 37.4 Å². The quantitative estimate of drug-likeness (QED) is 0.141. The van der Waals surface area contributed by atoms with Crippen LogP contribution in [0.4, 0.5) is 8.78 Å². The molecule has 0 aliphatic heterocycles. The number of ether oxygens (including phenoxy) is 2. The maximum Gasteiger partial charge on any atom is 0.195 e. The van der Waals surface area contributed by atoms with Crippen LogP contribution in [0, 0.1) is 11.6 Å². The first kappa shape index (κ1) is 27.6. The van der Waals surface area contributed by atoms with E-state index >= 15 is 0 Å². The number of aromatic nitrogens is 6. The second kappa shape index (κ2) is 11.6. The summed E-state index contributed by atoms with van der Waals surface area (Å²) in [6.07, 6.45) is 2.87. The van der Waals surface area contributed by atoms with Gasteiger partial charge < -0.3 is 9.47 Å². The molecule has 0 amide bonds. The predicted octanol–water partition coefficient (Wildman–Crippen LogP) is 6.29. The molecule has 0 aliphatic rings. The summed E-state index contributed by atoms with van der Waals surface area (Å²) in [6.45, 7) is 4.25. The minimum atomic E-state index is -0.621. The van der Waals surface area contributed by atoms with Crippen LogP contribution in [0.25, 0.3) is 11.4 Å². The Hall–Kier alpha value is -3.96. The van der Waals surface area contributed by atoms with E-state index in [-0.39, 0.29) is 18.2 Å². The van der Waals surface area contributed by atoms with Crippen LogP contribution < -0.4 is 9.47 Å². The van der Waals surface area contributed by atoms with Gasteiger partial charge in [0.15, 0.2) is 16.7 Å². The van der Waals surface area contributed by atoms with Gasteiger partial charge in [0.1, 0.15) is 30.0 Å². The highest BCUT2D eigenvalue weighted by Crippen LogP contribution is 2.37. The maximum atomic E-state index is 14.6. The molecule has 5 aromatic rings. The lowest BCUT2D eigenvalue weighted by Crippen LogP contribution is -2.24. The number of benzene rings is 3. The van der Waals surface area contributed by atoms with E-state index in [1.807, 2.05) is 30.5 Å². The van der Waals surface area contributed by atoms with Crippen LogP contribution in [0.5, 0.6) is 11.5 Å². The number of nitrogens with zero attached hydrogens (tertiary/aromatic N) is 6. The maximum absolute atomic E-state index is 14.6. The van der Waals surface area contributed by atoms with E-state index in [2.05, 4.69) is 20.3 Å². The van der Waals surface area contributed by atoms with Crippen LogP contribution in [-0.2, 0) is 5.41 Å². The molecule has 0 radical (unpaired) electrons. The van der Waals surface area contributed by atoms with Crippen LogP contribution in [0.15, 0.2) is 78.5 Å². The number of methoxy groups -OCH3 is 1. The number of hydrogen-bond donors (Lipinski definition) is 0. The summed E-state index contributed by atoms with van der Waals surface area (Å²) in [5.41, 5.74) is 1.53. The summed E-state index contributed by atoms with van der Waals surface area (Å²) >= 11 is 7.65. The molecule has 5 rings (SSSR count). The fourth-order valence-corrected chi connectivity index (χ4v) is 5.11. The zero-order valence-corrected chi connectivity index (χ0v) is 23.5. The van der Waals surface area contributed by atoms with Gasteiger partial charge in [-0.3, -0.25) is 4.57 Å². The average molecular weight is 583 g/mol. The van der Waals surface area contributed by atoms with Crippen molar-refractivity contribution in [3.8, 4) is 22.9 Å². The van der Waals surface area contributed by atoms with Crippen molar-refractivity contribution in [2.24, 2.45) is 0 Å². The van der Waals surface area contributed by atoms with Gasteiger partial charge >= 0.3 is 0 Å². The average Bonchev–Trinajstić information content (AvgIpc) is 3.63. The second-order valence-electron chi connectivity index (χ2n) is 9.24. The van der Waals surface area contributed by atoms with Crippen LogP contribution in [0.1, 0.15) is 25.2 Å². The lowest BCUT2D eigenvalue weighted by molar-refractivity contribution is 0.324. The summed E-state index contributed by atoms with van der Waals surface area (Å²) in [4.78, 5) is 3.87. The van der Waals surface area contributed by atoms with Crippen molar-refractivity contribution in [2.75, 3.05) is 19.5 Å². The van der Waals surface area contributed by atoms with Gasteiger partial charge in [-0.2, -0.15) is 5.10 Å². The lowest BCUT2D eigenvalue weighted by atomic mass is 9.83. The van der Waals surface area contributed by atoms with Crippen LogP contribution in [0.3, 0.4) is 0 Å². The molecule has 3 aromatic carbocycles. The molecule has 0 saturated heterocycles. The normalized spacial score (nSPS) is 11.6. The fraction of sp³-hybridized carbons (Fsp3) is 0.214. The standard InChI is InChI=1S/C28H25ClF2N6O2S/c1-28(2,18-4-10-22(29)25(14-18)38-3)26-34-35-27(37(26)20-7-5-19(30)6-8-20)40-13-12-39-24-11-9-21(15-23(24)31)36-17-32-16-33-36/h4-11,14-17H,12-13H2,1-3H3. The Morgan fingerprint density at radius 2 is 1.73 bits per heavy atom. The van der Waals surface area contributed by atoms with E-state index in [0.717, 1.165) is 5.56 Å². The number of hydrogen-bond acceptors (Lipinski definition) is 7. The van der Waals surface area contributed by atoms with E-state index in [9.17, 15) is 8.78 Å². The zero-order chi connectivity index (χ0) is 28.3. The molecule has 2 heterocycles.